The fourth-order valence-electron chi connectivity index (χ4n) is 5.47. The fourth-order valence-corrected chi connectivity index (χ4v) is 5.47. The molecule has 0 radical (unpaired) electrons. The molecule has 3 fully saturated rings. The van der Waals surface area contributed by atoms with E-state index in [4.69, 9.17) is 14.6 Å². The molecule has 6 nitrogen and oxygen atoms in total. The summed E-state index contributed by atoms with van der Waals surface area (Å²) in [5.41, 5.74) is 0. The van der Waals surface area contributed by atoms with Gasteiger partial charge in [0.1, 0.15) is 0 Å². The van der Waals surface area contributed by atoms with Crippen LogP contribution in [0.15, 0.2) is 0 Å². The van der Waals surface area contributed by atoms with Crippen LogP contribution in [0.4, 0.5) is 0 Å². The summed E-state index contributed by atoms with van der Waals surface area (Å²) >= 11 is 0. The molecule has 5 unspecified atom stereocenters. The molecule has 0 aromatic heterocycles. The Hall–Kier alpha value is -1.14. The van der Waals surface area contributed by atoms with Crippen LogP contribution in [0.3, 0.4) is 0 Å². The summed E-state index contributed by atoms with van der Waals surface area (Å²) in [5.74, 6) is 3.13. The third-order valence-electron chi connectivity index (χ3n) is 7.82. The summed E-state index contributed by atoms with van der Waals surface area (Å²) in [6, 6.07) is 0. The number of aliphatic hydroxyl groups excluding tert-OH is 1. The Morgan fingerprint density at radius 1 is 0.879 bits per heavy atom. The Balaban J connectivity index is 0.000000238. The summed E-state index contributed by atoms with van der Waals surface area (Å²) in [4.78, 5) is 23.8. The van der Waals surface area contributed by atoms with Crippen molar-refractivity contribution in [1.29, 1.82) is 0 Å². The highest BCUT2D eigenvalue weighted by atomic mass is 16.7. The molecule has 2 saturated carbocycles. The highest BCUT2D eigenvalue weighted by molar-refractivity contribution is 5.78. The summed E-state index contributed by atoms with van der Waals surface area (Å²) in [6.07, 6.45) is 11.7. The van der Waals surface area contributed by atoms with Crippen molar-refractivity contribution in [2.75, 3.05) is 19.8 Å². The smallest absolute Gasteiger partial charge is 0.311 e. The first-order chi connectivity index (χ1) is 15.8. The standard InChI is InChI=1S/C15H26O3.C12H23NO2/c1-11(2)12-6-5-7-13(10-12)15(16)18-14-8-3-4-9-17-14;1-9(2)10-4-3-5-11(8-10)12(15)13-6-7-14/h11-14H,3-10H2,1-2H3;9-11,14H,3-8H2,1-2H3,(H,13,15). The van der Waals surface area contributed by atoms with Gasteiger partial charge in [-0.25, -0.2) is 0 Å². The summed E-state index contributed by atoms with van der Waals surface area (Å²) in [6.45, 7) is 10.1. The summed E-state index contributed by atoms with van der Waals surface area (Å²) < 4.78 is 11.0. The van der Waals surface area contributed by atoms with E-state index in [1.54, 1.807) is 0 Å². The second-order valence-electron chi connectivity index (χ2n) is 11.0. The predicted octanol–water partition coefficient (Wildman–Crippen LogP) is 5.08. The Bertz CT molecular complexity index is 573. The minimum atomic E-state index is -0.273. The minimum Gasteiger partial charge on any atom is -0.436 e. The van der Waals surface area contributed by atoms with Gasteiger partial charge in [0.15, 0.2) is 0 Å². The maximum Gasteiger partial charge on any atom is 0.311 e. The maximum absolute atomic E-state index is 12.1. The van der Waals surface area contributed by atoms with E-state index < -0.39 is 0 Å². The first-order valence-electron chi connectivity index (χ1n) is 13.5. The van der Waals surface area contributed by atoms with Crippen molar-refractivity contribution in [2.45, 2.75) is 105 Å². The number of esters is 1. The minimum absolute atomic E-state index is 0.0211. The molecule has 1 aliphatic heterocycles. The van der Waals surface area contributed by atoms with Crippen LogP contribution in [-0.2, 0) is 19.1 Å². The van der Waals surface area contributed by atoms with Crippen LogP contribution >= 0.6 is 0 Å². The Morgan fingerprint density at radius 3 is 2.03 bits per heavy atom. The third kappa shape index (κ3) is 9.94. The van der Waals surface area contributed by atoms with E-state index in [2.05, 4.69) is 33.0 Å². The largest absolute Gasteiger partial charge is 0.436 e. The zero-order chi connectivity index (χ0) is 24.2. The molecular weight excluding hydrogens is 418 g/mol. The molecule has 0 aromatic rings. The number of hydrogen-bond acceptors (Lipinski definition) is 5. The van der Waals surface area contributed by atoms with Crippen molar-refractivity contribution in [3.8, 4) is 0 Å². The van der Waals surface area contributed by atoms with Gasteiger partial charge in [-0.2, -0.15) is 0 Å². The number of rotatable bonds is 7. The van der Waals surface area contributed by atoms with Crippen molar-refractivity contribution < 1.29 is 24.2 Å². The molecule has 3 aliphatic rings. The molecule has 1 heterocycles. The highest BCUT2D eigenvalue weighted by Gasteiger charge is 2.31. The lowest BCUT2D eigenvalue weighted by molar-refractivity contribution is -0.192. The lowest BCUT2D eigenvalue weighted by atomic mass is 9.76. The number of nitrogens with one attached hydrogen (secondary N) is 1. The van der Waals surface area contributed by atoms with Crippen LogP contribution in [0, 0.1) is 35.5 Å². The van der Waals surface area contributed by atoms with E-state index in [1.807, 2.05) is 0 Å². The molecule has 0 spiro atoms. The molecule has 0 bridgehead atoms. The monoisotopic (exact) mass is 467 g/mol. The quantitative estimate of drug-likeness (QED) is 0.510. The van der Waals surface area contributed by atoms with Crippen LogP contribution in [0.5, 0.6) is 0 Å². The van der Waals surface area contributed by atoms with E-state index in [1.165, 1.54) is 19.3 Å². The van der Waals surface area contributed by atoms with Gasteiger partial charge in [-0.3, -0.25) is 9.59 Å². The molecule has 6 heteroatoms. The molecule has 192 valence electrons. The first-order valence-corrected chi connectivity index (χ1v) is 13.5. The van der Waals surface area contributed by atoms with Crippen molar-refractivity contribution in [3.63, 3.8) is 0 Å². The lowest BCUT2D eigenvalue weighted by Crippen LogP contribution is -2.36. The molecule has 2 N–H and O–H groups in total. The van der Waals surface area contributed by atoms with Gasteiger partial charge >= 0.3 is 5.97 Å². The Kier molecular flexibility index (Phi) is 12.8. The summed E-state index contributed by atoms with van der Waals surface area (Å²) in [5, 5.41) is 11.4. The van der Waals surface area contributed by atoms with E-state index in [9.17, 15) is 9.59 Å². The zero-order valence-corrected chi connectivity index (χ0v) is 21.5. The average molecular weight is 468 g/mol. The molecular formula is C27H49NO5. The Labute approximate surface area is 201 Å². The average Bonchev–Trinajstić information content (AvgIpc) is 2.83. The second kappa shape index (κ2) is 15.0. The normalized spacial score (nSPS) is 30.3. The first kappa shape index (κ1) is 28.1. The molecule has 33 heavy (non-hydrogen) atoms. The fraction of sp³-hybridized carbons (Fsp3) is 0.926. The van der Waals surface area contributed by atoms with Crippen molar-refractivity contribution >= 4 is 11.9 Å². The third-order valence-corrected chi connectivity index (χ3v) is 7.82. The van der Waals surface area contributed by atoms with Gasteiger partial charge < -0.3 is 19.9 Å². The van der Waals surface area contributed by atoms with Crippen molar-refractivity contribution in [3.05, 3.63) is 0 Å². The molecule has 0 aromatic carbocycles. The zero-order valence-electron chi connectivity index (χ0n) is 21.5. The molecule has 1 saturated heterocycles. The number of carbonyl (C=O) groups excluding carboxylic acids is 2. The highest BCUT2D eigenvalue weighted by Crippen LogP contribution is 2.35. The van der Waals surface area contributed by atoms with E-state index in [0.29, 0.717) is 30.2 Å². The van der Waals surface area contributed by atoms with E-state index in [0.717, 1.165) is 58.0 Å². The SMILES string of the molecule is CC(C)C1CCCC(C(=O)NCCO)C1.CC(C)C1CCCC(C(=O)OC2CCCCO2)C1. The van der Waals surface area contributed by atoms with Gasteiger partial charge in [-0.1, -0.05) is 53.4 Å². The van der Waals surface area contributed by atoms with Gasteiger partial charge in [0, 0.05) is 18.9 Å². The van der Waals surface area contributed by atoms with Crippen LogP contribution < -0.4 is 5.32 Å². The van der Waals surface area contributed by atoms with Gasteiger partial charge in [0.2, 0.25) is 12.2 Å². The number of aliphatic hydroxyl groups is 1. The predicted molar refractivity (Wildman–Crippen MR) is 130 cm³/mol. The number of ether oxygens (including phenoxy) is 2. The molecule has 3 rings (SSSR count). The van der Waals surface area contributed by atoms with Gasteiger partial charge in [0.05, 0.1) is 19.1 Å². The topological polar surface area (TPSA) is 84.9 Å². The number of hydrogen-bond donors (Lipinski definition) is 2. The molecule has 1 amide bonds. The van der Waals surface area contributed by atoms with E-state index >= 15 is 0 Å². The van der Waals surface area contributed by atoms with Crippen LogP contribution in [0.1, 0.15) is 98.3 Å². The maximum atomic E-state index is 12.1. The van der Waals surface area contributed by atoms with Crippen LogP contribution in [0.2, 0.25) is 0 Å². The number of amides is 1. The van der Waals surface area contributed by atoms with Crippen molar-refractivity contribution in [1.82, 2.24) is 5.32 Å². The van der Waals surface area contributed by atoms with Gasteiger partial charge in [0.25, 0.3) is 0 Å². The second-order valence-corrected chi connectivity index (χ2v) is 11.0. The van der Waals surface area contributed by atoms with Crippen LogP contribution in [-0.4, -0.2) is 43.0 Å². The number of carbonyl (C=O) groups is 2. The lowest BCUT2D eigenvalue weighted by Gasteiger charge is -2.31. The molecule has 2 aliphatic carbocycles. The summed E-state index contributed by atoms with van der Waals surface area (Å²) in [7, 11) is 0. The molecule has 5 atom stereocenters. The van der Waals surface area contributed by atoms with Crippen molar-refractivity contribution in [2.24, 2.45) is 35.5 Å². The van der Waals surface area contributed by atoms with E-state index in [-0.39, 0.29) is 36.6 Å². The Morgan fingerprint density at radius 2 is 1.48 bits per heavy atom. The van der Waals surface area contributed by atoms with Gasteiger partial charge in [-0.05, 0) is 62.2 Å². The van der Waals surface area contributed by atoms with Crippen LogP contribution in [0.25, 0.3) is 0 Å². The van der Waals surface area contributed by atoms with Gasteiger partial charge in [-0.15, -0.1) is 0 Å².